The molecule has 2 amide bonds. The number of hydrogen-bond donors (Lipinski definition) is 1. The predicted molar refractivity (Wildman–Crippen MR) is 103 cm³/mol. The Labute approximate surface area is 160 Å². The number of fused-ring (bicyclic) bond motifs is 1. The van der Waals surface area contributed by atoms with Crippen molar-refractivity contribution in [3.05, 3.63) is 41.6 Å². The summed E-state index contributed by atoms with van der Waals surface area (Å²) < 4.78 is 10.4. The summed E-state index contributed by atoms with van der Waals surface area (Å²) in [4.78, 5) is 27.0. The zero-order valence-corrected chi connectivity index (χ0v) is 16.1. The van der Waals surface area contributed by atoms with Crippen LogP contribution in [-0.4, -0.2) is 50.6 Å². The zero-order valence-electron chi connectivity index (χ0n) is 16.1. The Balaban J connectivity index is 1.75. The number of hydrogen-bond acceptors (Lipinski definition) is 4. The monoisotopic (exact) mass is 372 g/mol. The first-order valence-electron chi connectivity index (χ1n) is 9.52. The number of methoxy groups -OCH3 is 2. The van der Waals surface area contributed by atoms with Crippen LogP contribution < -0.4 is 10.1 Å². The second kappa shape index (κ2) is 8.57. The molecule has 6 nitrogen and oxygen atoms in total. The second-order valence-electron chi connectivity index (χ2n) is 7.21. The van der Waals surface area contributed by atoms with Crippen molar-refractivity contribution in [2.45, 2.75) is 32.1 Å². The van der Waals surface area contributed by atoms with Crippen molar-refractivity contribution >= 4 is 11.8 Å². The number of ether oxygens (including phenoxy) is 2. The van der Waals surface area contributed by atoms with E-state index in [1.54, 1.807) is 26.4 Å². The van der Waals surface area contributed by atoms with Gasteiger partial charge in [-0.15, -0.1) is 0 Å². The lowest BCUT2D eigenvalue weighted by molar-refractivity contribution is -0.134. The van der Waals surface area contributed by atoms with E-state index in [9.17, 15) is 9.59 Å². The lowest BCUT2D eigenvalue weighted by atomic mass is 9.69. The molecule has 0 saturated carbocycles. The summed E-state index contributed by atoms with van der Waals surface area (Å²) in [6.07, 6.45) is 6.49. The first-order chi connectivity index (χ1) is 13.1. The number of nitrogens with zero attached hydrogens (tertiary/aromatic N) is 1. The van der Waals surface area contributed by atoms with Crippen LogP contribution in [0.15, 0.2) is 36.0 Å². The number of benzene rings is 1. The number of carbonyl (C=O) groups excluding carboxylic acids is 2. The molecule has 146 valence electrons. The van der Waals surface area contributed by atoms with Gasteiger partial charge in [-0.25, -0.2) is 0 Å². The van der Waals surface area contributed by atoms with Gasteiger partial charge in [0.25, 0.3) is 5.91 Å². The maximum Gasteiger partial charge on any atom is 0.251 e. The SMILES string of the molecule is COCCN1C(=O)CCC2(CNC(=O)c3cccc(OC)c3)CCCC=C12. The van der Waals surface area contributed by atoms with E-state index in [4.69, 9.17) is 9.47 Å². The molecule has 0 radical (unpaired) electrons. The molecule has 3 rings (SSSR count). The number of nitrogens with one attached hydrogen (secondary N) is 1. The van der Waals surface area contributed by atoms with Crippen LogP contribution in [0.25, 0.3) is 0 Å². The highest BCUT2D eigenvalue weighted by Crippen LogP contribution is 2.46. The highest BCUT2D eigenvalue weighted by molar-refractivity contribution is 5.94. The van der Waals surface area contributed by atoms with Crippen molar-refractivity contribution in [3.63, 3.8) is 0 Å². The van der Waals surface area contributed by atoms with Crippen LogP contribution in [-0.2, 0) is 9.53 Å². The first kappa shape index (κ1) is 19.4. The van der Waals surface area contributed by atoms with Gasteiger partial charge < -0.3 is 19.7 Å². The molecule has 2 aliphatic rings. The Morgan fingerprint density at radius 3 is 2.93 bits per heavy atom. The Hall–Kier alpha value is -2.34. The van der Waals surface area contributed by atoms with Crippen LogP contribution in [0.2, 0.25) is 0 Å². The second-order valence-corrected chi connectivity index (χ2v) is 7.21. The fraction of sp³-hybridized carbons (Fsp3) is 0.524. The molecule has 1 saturated heterocycles. The van der Waals surface area contributed by atoms with Crippen LogP contribution in [0.5, 0.6) is 5.75 Å². The third-order valence-corrected chi connectivity index (χ3v) is 5.59. The molecular weight excluding hydrogens is 344 g/mol. The van der Waals surface area contributed by atoms with Gasteiger partial charge in [-0.1, -0.05) is 12.1 Å². The van der Waals surface area contributed by atoms with Crippen molar-refractivity contribution in [3.8, 4) is 5.75 Å². The summed E-state index contributed by atoms with van der Waals surface area (Å²) >= 11 is 0. The number of allylic oxidation sites excluding steroid dienone is 1. The van der Waals surface area contributed by atoms with Gasteiger partial charge >= 0.3 is 0 Å². The van der Waals surface area contributed by atoms with Crippen LogP contribution in [0.3, 0.4) is 0 Å². The van der Waals surface area contributed by atoms with Crippen LogP contribution >= 0.6 is 0 Å². The molecule has 27 heavy (non-hydrogen) atoms. The minimum absolute atomic E-state index is 0.117. The fourth-order valence-electron chi connectivity index (χ4n) is 4.10. The van der Waals surface area contributed by atoms with Crippen molar-refractivity contribution < 1.29 is 19.1 Å². The van der Waals surface area contributed by atoms with Gasteiger partial charge in [0, 0.05) is 43.3 Å². The van der Waals surface area contributed by atoms with Gasteiger partial charge in [0.15, 0.2) is 0 Å². The molecule has 1 unspecified atom stereocenters. The molecule has 1 aliphatic carbocycles. The minimum Gasteiger partial charge on any atom is -0.497 e. The van der Waals surface area contributed by atoms with E-state index in [-0.39, 0.29) is 17.2 Å². The first-order valence-corrected chi connectivity index (χ1v) is 9.52. The quantitative estimate of drug-likeness (QED) is 0.799. The smallest absolute Gasteiger partial charge is 0.251 e. The topological polar surface area (TPSA) is 67.9 Å². The molecule has 0 aromatic heterocycles. The number of amides is 2. The average molecular weight is 372 g/mol. The van der Waals surface area contributed by atoms with Gasteiger partial charge in [-0.2, -0.15) is 0 Å². The molecule has 1 aromatic carbocycles. The maximum atomic E-state index is 12.7. The molecule has 1 N–H and O–H groups in total. The van der Waals surface area contributed by atoms with Crippen molar-refractivity contribution in [2.24, 2.45) is 5.41 Å². The van der Waals surface area contributed by atoms with E-state index in [0.29, 0.717) is 37.4 Å². The highest BCUT2D eigenvalue weighted by atomic mass is 16.5. The molecule has 1 atom stereocenters. The van der Waals surface area contributed by atoms with Crippen molar-refractivity contribution in [1.82, 2.24) is 10.2 Å². The summed E-state index contributed by atoms with van der Waals surface area (Å²) in [5.74, 6) is 0.691. The average Bonchev–Trinajstić information content (AvgIpc) is 2.71. The van der Waals surface area contributed by atoms with Gasteiger partial charge in [0.05, 0.1) is 13.7 Å². The largest absolute Gasteiger partial charge is 0.497 e. The maximum absolute atomic E-state index is 12.7. The minimum atomic E-state index is -0.172. The standard InChI is InChI=1S/C21H28N2O4/c1-26-13-12-23-18-8-3-4-10-21(18,11-9-19(23)24)15-22-20(25)16-6-5-7-17(14-16)27-2/h5-8,14H,3-4,9-13,15H2,1-2H3,(H,22,25). The third kappa shape index (κ3) is 4.16. The van der Waals surface area contributed by atoms with Crippen LogP contribution in [0, 0.1) is 5.41 Å². The Morgan fingerprint density at radius 2 is 2.15 bits per heavy atom. The molecule has 1 aromatic rings. The fourth-order valence-corrected chi connectivity index (χ4v) is 4.10. The Kier molecular flexibility index (Phi) is 6.16. The Bertz CT molecular complexity index is 731. The van der Waals surface area contributed by atoms with Gasteiger partial charge in [0.1, 0.15) is 5.75 Å². The molecule has 6 heteroatoms. The summed E-state index contributed by atoms with van der Waals surface area (Å²) in [7, 11) is 3.23. The number of piperidine rings is 1. The van der Waals surface area contributed by atoms with Gasteiger partial charge in [0.2, 0.25) is 5.91 Å². The number of carbonyl (C=O) groups is 2. The van der Waals surface area contributed by atoms with E-state index < -0.39 is 0 Å². The number of rotatable bonds is 7. The summed E-state index contributed by atoms with van der Waals surface area (Å²) in [5.41, 5.74) is 1.47. The summed E-state index contributed by atoms with van der Waals surface area (Å²) in [6, 6.07) is 7.14. The van der Waals surface area contributed by atoms with E-state index in [1.165, 1.54) is 0 Å². The zero-order chi connectivity index (χ0) is 19.3. The lowest BCUT2D eigenvalue weighted by Crippen LogP contribution is -2.51. The molecule has 0 spiro atoms. The van der Waals surface area contributed by atoms with Gasteiger partial charge in [-0.05, 0) is 43.9 Å². The normalized spacial score (nSPS) is 22.1. The van der Waals surface area contributed by atoms with Crippen molar-refractivity contribution in [1.29, 1.82) is 0 Å². The number of likely N-dealkylation sites (tertiary alicyclic amines) is 1. The van der Waals surface area contributed by atoms with Crippen molar-refractivity contribution in [2.75, 3.05) is 33.9 Å². The molecule has 1 fully saturated rings. The van der Waals surface area contributed by atoms with E-state index >= 15 is 0 Å². The van der Waals surface area contributed by atoms with Crippen LogP contribution in [0.4, 0.5) is 0 Å². The third-order valence-electron chi connectivity index (χ3n) is 5.59. The Morgan fingerprint density at radius 1 is 1.30 bits per heavy atom. The molecule has 1 heterocycles. The van der Waals surface area contributed by atoms with E-state index in [0.717, 1.165) is 31.4 Å². The molecule has 0 bridgehead atoms. The van der Waals surface area contributed by atoms with Gasteiger partial charge in [-0.3, -0.25) is 9.59 Å². The molecular formula is C21H28N2O4. The summed E-state index contributed by atoms with van der Waals surface area (Å²) in [6.45, 7) is 1.60. The highest BCUT2D eigenvalue weighted by Gasteiger charge is 2.44. The van der Waals surface area contributed by atoms with E-state index in [1.807, 2.05) is 17.0 Å². The van der Waals surface area contributed by atoms with E-state index in [2.05, 4.69) is 11.4 Å². The summed E-state index contributed by atoms with van der Waals surface area (Å²) in [5, 5.41) is 3.10. The predicted octanol–water partition coefficient (Wildman–Crippen LogP) is 2.75. The lowest BCUT2D eigenvalue weighted by Gasteiger charge is -2.47. The van der Waals surface area contributed by atoms with Crippen LogP contribution in [0.1, 0.15) is 42.5 Å². The molecule has 1 aliphatic heterocycles.